The van der Waals surface area contributed by atoms with Gasteiger partial charge in [-0.05, 0) is 37.2 Å². The number of cyclic esters (lactones) is 1. The highest BCUT2D eigenvalue weighted by molar-refractivity contribution is 6.04. The minimum absolute atomic E-state index is 0.0468. The molecule has 0 amide bonds. The summed E-state index contributed by atoms with van der Waals surface area (Å²) in [6.07, 6.45) is 3.17. The maximum absolute atomic E-state index is 13.2. The van der Waals surface area contributed by atoms with E-state index in [1.807, 2.05) is 6.92 Å². The highest BCUT2D eigenvalue weighted by atomic mass is 16.6. The predicted octanol–water partition coefficient (Wildman–Crippen LogP) is 2.43. The van der Waals surface area contributed by atoms with Gasteiger partial charge in [-0.1, -0.05) is 6.92 Å². The SMILES string of the molecule is CC1CCC2(C(=O)O)C(C(=O)O)C(=O)CCC2C12CC(c1ccoc1)OC2=O. The lowest BCUT2D eigenvalue weighted by atomic mass is 9.43. The molecule has 6 unspecified atom stereocenters. The molecule has 1 saturated heterocycles. The van der Waals surface area contributed by atoms with E-state index in [1.54, 1.807) is 6.07 Å². The van der Waals surface area contributed by atoms with Gasteiger partial charge >= 0.3 is 17.9 Å². The Balaban J connectivity index is 1.84. The van der Waals surface area contributed by atoms with Crippen LogP contribution in [0.1, 0.15) is 50.7 Å². The van der Waals surface area contributed by atoms with Crippen molar-refractivity contribution in [1.82, 2.24) is 0 Å². The number of aliphatic carboxylic acids is 2. The van der Waals surface area contributed by atoms with E-state index >= 15 is 0 Å². The summed E-state index contributed by atoms with van der Waals surface area (Å²) in [6, 6.07) is 1.69. The molecule has 0 bridgehead atoms. The maximum Gasteiger partial charge on any atom is 0.315 e. The molecule has 3 aliphatic rings. The van der Waals surface area contributed by atoms with E-state index in [2.05, 4.69) is 0 Å². The van der Waals surface area contributed by atoms with Gasteiger partial charge in [0.2, 0.25) is 0 Å². The number of carboxylic acids is 2. The average molecular weight is 390 g/mol. The zero-order valence-electron chi connectivity index (χ0n) is 15.4. The first-order valence-electron chi connectivity index (χ1n) is 9.47. The highest BCUT2D eigenvalue weighted by Gasteiger charge is 2.72. The van der Waals surface area contributed by atoms with Crippen molar-refractivity contribution >= 4 is 23.7 Å². The van der Waals surface area contributed by atoms with Crippen LogP contribution in [0.4, 0.5) is 0 Å². The van der Waals surface area contributed by atoms with Crippen molar-refractivity contribution in [1.29, 1.82) is 0 Å². The molecule has 2 saturated carbocycles. The summed E-state index contributed by atoms with van der Waals surface area (Å²) in [5.74, 6) is -6.42. The molecular weight excluding hydrogens is 368 g/mol. The molecule has 1 aliphatic heterocycles. The highest BCUT2D eigenvalue weighted by Crippen LogP contribution is 2.66. The number of hydrogen-bond acceptors (Lipinski definition) is 6. The Morgan fingerprint density at radius 3 is 2.57 bits per heavy atom. The van der Waals surface area contributed by atoms with Crippen molar-refractivity contribution in [2.45, 2.75) is 45.1 Å². The Morgan fingerprint density at radius 2 is 1.96 bits per heavy atom. The molecule has 1 spiro atoms. The van der Waals surface area contributed by atoms with Crippen LogP contribution in [0, 0.1) is 28.6 Å². The number of Topliss-reactive ketones (excluding diaryl/α,β-unsaturated/α-hetero) is 1. The molecule has 2 aliphatic carbocycles. The van der Waals surface area contributed by atoms with Gasteiger partial charge in [0.1, 0.15) is 17.8 Å². The number of carbonyl (C=O) groups is 4. The summed E-state index contributed by atoms with van der Waals surface area (Å²) in [4.78, 5) is 50.0. The molecule has 150 valence electrons. The van der Waals surface area contributed by atoms with Gasteiger partial charge in [-0.3, -0.25) is 19.2 Å². The number of rotatable bonds is 3. The van der Waals surface area contributed by atoms with Gasteiger partial charge in [-0.15, -0.1) is 0 Å². The van der Waals surface area contributed by atoms with E-state index in [0.717, 1.165) is 0 Å². The lowest BCUT2D eigenvalue weighted by Gasteiger charge is -2.56. The van der Waals surface area contributed by atoms with Crippen LogP contribution >= 0.6 is 0 Å². The first-order chi connectivity index (χ1) is 13.2. The van der Waals surface area contributed by atoms with E-state index in [4.69, 9.17) is 9.15 Å². The van der Waals surface area contributed by atoms with Crippen molar-refractivity contribution in [2.75, 3.05) is 0 Å². The summed E-state index contributed by atoms with van der Waals surface area (Å²) in [7, 11) is 0. The van der Waals surface area contributed by atoms with Crippen LogP contribution in [0.3, 0.4) is 0 Å². The third kappa shape index (κ3) is 2.23. The lowest BCUT2D eigenvalue weighted by Crippen LogP contribution is -2.63. The quantitative estimate of drug-likeness (QED) is 0.594. The van der Waals surface area contributed by atoms with Crippen molar-refractivity contribution in [2.24, 2.45) is 28.6 Å². The van der Waals surface area contributed by atoms with E-state index in [0.29, 0.717) is 12.0 Å². The Bertz CT molecular complexity index is 842. The second-order valence-corrected chi connectivity index (χ2v) is 8.31. The first-order valence-corrected chi connectivity index (χ1v) is 9.47. The van der Waals surface area contributed by atoms with Crippen molar-refractivity contribution in [3.63, 3.8) is 0 Å². The normalized spacial score (nSPS) is 40.2. The number of carbonyl (C=O) groups excluding carboxylic acids is 2. The third-order valence-corrected chi connectivity index (χ3v) is 7.34. The minimum atomic E-state index is -1.79. The third-order valence-electron chi connectivity index (χ3n) is 7.34. The summed E-state index contributed by atoms with van der Waals surface area (Å²) >= 11 is 0. The molecule has 8 heteroatoms. The second kappa shape index (κ2) is 6.18. The Kier molecular flexibility index (Phi) is 4.13. The number of furan rings is 1. The predicted molar refractivity (Wildman–Crippen MR) is 91.9 cm³/mol. The van der Waals surface area contributed by atoms with Gasteiger partial charge < -0.3 is 19.4 Å². The van der Waals surface area contributed by atoms with Gasteiger partial charge in [0.05, 0.1) is 23.4 Å². The second-order valence-electron chi connectivity index (χ2n) is 8.31. The Morgan fingerprint density at radius 1 is 1.21 bits per heavy atom. The molecule has 8 nitrogen and oxygen atoms in total. The van der Waals surface area contributed by atoms with E-state index in [9.17, 15) is 29.4 Å². The average Bonchev–Trinajstić information content (AvgIpc) is 3.26. The standard InChI is InChI=1S/C20H22O8/c1-10-4-6-19(17(24)25)14(3-2-12(21)15(19)16(22)23)20(10)8-13(28-18(20)26)11-5-7-27-9-11/h5,7,9-10,13-15H,2-4,6,8H2,1H3,(H,22,23)(H,24,25). The molecule has 1 aromatic heterocycles. The molecular formula is C20H22O8. The van der Waals surface area contributed by atoms with Gasteiger partial charge in [0, 0.05) is 18.4 Å². The summed E-state index contributed by atoms with van der Waals surface area (Å²) in [5, 5.41) is 19.9. The minimum Gasteiger partial charge on any atom is -0.481 e. The van der Waals surface area contributed by atoms with Crippen LogP contribution in [-0.4, -0.2) is 33.9 Å². The van der Waals surface area contributed by atoms with Crippen LogP contribution in [-0.2, 0) is 23.9 Å². The topological polar surface area (TPSA) is 131 Å². The first kappa shape index (κ1) is 18.7. The smallest absolute Gasteiger partial charge is 0.315 e. The molecule has 6 atom stereocenters. The zero-order chi connectivity index (χ0) is 20.3. The lowest BCUT2D eigenvalue weighted by molar-refractivity contribution is -0.195. The number of hydrogen-bond donors (Lipinski definition) is 2. The Hall–Kier alpha value is -2.64. The van der Waals surface area contributed by atoms with E-state index in [-0.39, 0.29) is 31.6 Å². The number of esters is 1. The number of fused-ring (bicyclic) bond motifs is 2. The molecule has 1 aromatic rings. The van der Waals surface area contributed by atoms with Gasteiger partial charge in [-0.2, -0.15) is 0 Å². The fraction of sp³-hybridized carbons (Fsp3) is 0.600. The number of ketones is 1. The molecule has 4 rings (SSSR count). The summed E-state index contributed by atoms with van der Waals surface area (Å²) in [6.45, 7) is 1.89. The van der Waals surface area contributed by atoms with Gasteiger partial charge in [-0.25, -0.2) is 0 Å². The van der Waals surface area contributed by atoms with Gasteiger partial charge in [0.15, 0.2) is 0 Å². The van der Waals surface area contributed by atoms with Crippen LogP contribution in [0.2, 0.25) is 0 Å². The monoisotopic (exact) mass is 390 g/mol. The largest absolute Gasteiger partial charge is 0.481 e. The van der Waals surface area contributed by atoms with E-state index in [1.165, 1.54) is 12.5 Å². The fourth-order valence-corrected chi connectivity index (χ4v) is 6.01. The summed E-state index contributed by atoms with van der Waals surface area (Å²) < 4.78 is 10.7. The van der Waals surface area contributed by atoms with Crippen LogP contribution in [0.25, 0.3) is 0 Å². The molecule has 2 heterocycles. The van der Waals surface area contributed by atoms with Crippen molar-refractivity contribution < 1.29 is 38.5 Å². The number of ether oxygens (including phenoxy) is 1. The van der Waals surface area contributed by atoms with Gasteiger partial charge in [0.25, 0.3) is 0 Å². The maximum atomic E-state index is 13.2. The molecule has 0 aromatic carbocycles. The van der Waals surface area contributed by atoms with Crippen molar-refractivity contribution in [3.8, 4) is 0 Å². The van der Waals surface area contributed by atoms with Crippen LogP contribution in [0.5, 0.6) is 0 Å². The zero-order valence-corrected chi connectivity index (χ0v) is 15.4. The summed E-state index contributed by atoms with van der Waals surface area (Å²) in [5.41, 5.74) is -2.24. The van der Waals surface area contributed by atoms with E-state index < -0.39 is 52.5 Å². The van der Waals surface area contributed by atoms with Crippen molar-refractivity contribution in [3.05, 3.63) is 24.2 Å². The molecule has 28 heavy (non-hydrogen) atoms. The fourth-order valence-electron chi connectivity index (χ4n) is 6.01. The number of carboxylic acid groups (broad SMARTS) is 2. The van der Waals surface area contributed by atoms with Crippen LogP contribution < -0.4 is 0 Å². The molecule has 2 N–H and O–H groups in total. The van der Waals surface area contributed by atoms with Crippen LogP contribution in [0.15, 0.2) is 23.0 Å². The molecule has 3 fully saturated rings. The molecule has 0 radical (unpaired) electrons. The Labute approximate surface area is 160 Å².